The fourth-order valence-corrected chi connectivity index (χ4v) is 2.15. The topological polar surface area (TPSA) is 21.3 Å². The van der Waals surface area contributed by atoms with Crippen molar-refractivity contribution in [3.8, 4) is 0 Å². The maximum absolute atomic E-state index is 5.39. The molecule has 1 N–H and O–H groups in total. The zero-order valence-electron chi connectivity index (χ0n) is 10.0. The second kappa shape index (κ2) is 5.46. The summed E-state index contributed by atoms with van der Waals surface area (Å²) in [5.74, 6) is 0. The summed E-state index contributed by atoms with van der Waals surface area (Å²) in [6.45, 7) is 5.16. The van der Waals surface area contributed by atoms with Gasteiger partial charge in [0.15, 0.2) is 0 Å². The molecule has 88 valence electrons. The van der Waals surface area contributed by atoms with Crippen molar-refractivity contribution in [2.24, 2.45) is 0 Å². The molecule has 0 bridgehead atoms. The molecule has 1 saturated heterocycles. The second-order valence-electron chi connectivity index (χ2n) is 4.84. The molecular weight excluding hydrogens is 198 g/mol. The molecule has 1 heterocycles. The van der Waals surface area contributed by atoms with E-state index < -0.39 is 0 Å². The summed E-state index contributed by atoms with van der Waals surface area (Å²) >= 11 is 0. The highest BCUT2D eigenvalue weighted by molar-refractivity contribution is 5.14. The normalized spacial score (nSPS) is 19.6. The van der Waals surface area contributed by atoms with Gasteiger partial charge in [-0.1, -0.05) is 30.3 Å². The van der Waals surface area contributed by atoms with E-state index in [4.69, 9.17) is 4.74 Å². The Morgan fingerprint density at radius 3 is 2.56 bits per heavy atom. The number of hydrogen-bond donors (Lipinski definition) is 1. The average Bonchev–Trinajstić information content (AvgIpc) is 2.31. The molecule has 1 aromatic rings. The molecule has 2 rings (SSSR count). The monoisotopic (exact) mass is 219 g/mol. The van der Waals surface area contributed by atoms with Crippen molar-refractivity contribution < 1.29 is 4.74 Å². The van der Waals surface area contributed by atoms with Crippen molar-refractivity contribution in [3.05, 3.63) is 35.9 Å². The number of hydrogen-bond acceptors (Lipinski definition) is 2. The van der Waals surface area contributed by atoms with Gasteiger partial charge >= 0.3 is 0 Å². The number of rotatable bonds is 4. The molecule has 0 atom stereocenters. The maximum Gasteiger partial charge on any atom is 0.0483 e. The third-order valence-corrected chi connectivity index (χ3v) is 3.40. The van der Waals surface area contributed by atoms with Crippen LogP contribution in [0.25, 0.3) is 0 Å². The molecule has 1 aliphatic rings. The van der Waals surface area contributed by atoms with Crippen LogP contribution in [0.1, 0.15) is 25.3 Å². The molecule has 1 aliphatic heterocycles. The van der Waals surface area contributed by atoms with Gasteiger partial charge in [-0.05, 0) is 38.3 Å². The standard InChI is InChI=1S/C14H21NO/c1-14(8-11-16-12-9-14)15-10-7-13-5-3-2-4-6-13/h2-6,15H,7-12H2,1H3. The minimum Gasteiger partial charge on any atom is -0.381 e. The summed E-state index contributed by atoms with van der Waals surface area (Å²) < 4.78 is 5.39. The van der Waals surface area contributed by atoms with Crippen LogP contribution in [0.15, 0.2) is 30.3 Å². The summed E-state index contributed by atoms with van der Waals surface area (Å²) in [6, 6.07) is 10.6. The quantitative estimate of drug-likeness (QED) is 0.839. The van der Waals surface area contributed by atoms with Crippen LogP contribution in [-0.2, 0) is 11.2 Å². The zero-order valence-corrected chi connectivity index (χ0v) is 10.0. The van der Waals surface area contributed by atoms with Crippen molar-refractivity contribution in [2.45, 2.75) is 31.7 Å². The third-order valence-electron chi connectivity index (χ3n) is 3.40. The van der Waals surface area contributed by atoms with Crippen LogP contribution in [-0.4, -0.2) is 25.3 Å². The minimum atomic E-state index is 0.285. The highest BCUT2D eigenvalue weighted by atomic mass is 16.5. The number of ether oxygens (including phenoxy) is 1. The van der Waals surface area contributed by atoms with E-state index in [1.54, 1.807) is 0 Å². The van der Waals surface area contributed by atoms with Gasteiger partial charge in [0.05, 0.1) is 0 Å². The van der Waals surface area contributed by atoms with Gasteiger partial charge in [0.1, 0.15) is 0 Å². The molecule has 0 radical (unpaired) electrons. The molecule has 1 fully saturated rings. The maximum atomic E-state index is 5.39. The van der Waals surface area contributed by atoms with Gasteiger partial charge in [-0.3, -0.25) is 0 Å². The Bertz CT molecular complexity index is 304. The van der Waals surface area contributed by atoms with E-state index in [-0.39, 0.29) is 5.54 Å². The Labute approximate surface area is 98.0 Å². The lowest BCUT2D eigenvalue weighted by Crippen LogP contribution is -2.47. The Balaban J connectivity index is 1.75. The summed E-state index contributed by atoms with van der Waals surface area (Å²) in [5, 5.41) is 3.67. The van der Waals surface area contributed by atoms with Crippen molar-refractivity contribution in [2.75, 3.05) is 19.8 Å². The smallest absolute Gasteiger partial charge is 0.0483 e. The zero-order chi connectivity index (χ0) is 11.3. The number of benzene rings is 1. The first kappa shape index (κ1) is 11.6. The van der Waals surface area contributed by atoms with Gasteiger partial charge in [0.25, 0.3) is 0 Å². The van der Waals surface area contributed by atoms with Gasteiger partial charge in [0.2, 0.25) is 0 Å². The number of nitrogens with one attached hydrogen (secondary N) is 1. The van der Waals surface area contributed by atoms with Crippen LogP contribution in [0.3, 0.4) is 0 Å². The van der Waals surface area contributed by atoms with Crippen molar-refractivity contribution in [1.82, 2.24) is 5.32 Å². The first-order chi connectivity index (χ1) is 7.79. The fourth-order valence-electron chi connectivity index (χ4n) is 2.15. The third kappa shape index (κ3) is 3.32. The van der Waals surface area contributed by atoms with Crippen molar-refractivity contribution in [1.29, 1.82) is 0 Å². The molecule has 0 unspecified atom stereocenters. The predicted molar refractivity (Wildman–Crippen MR) is 66.6 cm³/mol. The lowest BCUT2D eigenvalue weighted by molar-refractivity contribution is 0.0456. The molecular formula is C14H21NO. The van der Waals surface area contributed by atoms with E-state index in [9.17, 15) is 0 Å². The summed E-state index contributed by atoms with van der Waals surface area (Å²) in [7, 11) is 0. The van der Waals surface area contributed by atoms with E-state index in [1.807, 2.05) is 0 Å². The average molecular weight is 219 g/mol. The minimum absolute atomic E-state index is 0.285. The van der Waals surface area contributed by atoms with Crippen LogP contribution in [0.2, 0.25) is 0 Å². The highest BCUT2D eigenvalue weighted by Crippen LogP contribution is 2.19. The summed E-state index contributed by atoms with van der Waals surface area (Å²) in [6.07, 6.45) is 3.36. The van der Waals surface area contributed by atoms with E-state index in [2.05, 4.69) is 42.6 Å². The Hall–Kier alpha value is -0.860. The molecule has 1 aromatic carbocycles. The van der Waals surface area contributed by atoms with Crippen LogP contribution >= 0.6 is 0 Å². The molecule has 0 spiro atoms. The summed E-state index contributed by atoms with van der Waals surface area (Å²) in [5.41, 5.74) is 1.69. The Morgan fingerprint density at radius 1 is 1.19 bits per heavy atom. The van der Waals surface area contributed by atoms with Gasteiger partial charge in [-0.2, -0.15) is 0 Å². The highest BCUT2D eigenvalue weighted by Gasteiger charge is 2.25. The van der Waals surface area contributed by atoms with Gasteiger partial charge in [-0.15, -0.1) is 0 Å². The molecule has 0 saturated carbocycles. The molecule has 2 heteroatoms. The lowest BCUT2D eigenvalue weighted by atomic mass is 9.92. The van der Waals surface area contributed by atoms with E-state index in [0.29, 0.717) is 0 Å². The second-order valence-corrected chi connectivity index (χ2v) is 4.84. The van der Waals surface area contributed by atoms with Gasteiger partial charge in [0, 0.05) is 18.8 Å². The Kier molecular flexibility index (Phi) is 3.97. The van der Waals surface area contributed by atoms with Crippen LogP contribution in [0.4, 0.5) is 0 Å². The van der Waals surface area contributed by atoms with Crippen LogP contribution < -0.4 is 5.32 Å². The summed E-state index contributed by atoms with van der Waals surface area (Å²) in [4.78, 5) is 0. The molecule has 16 heavy (non-hydrogen) atoms. The molecule has 0 amide bonds. The fraction of sp³-hybridized carbons (Fsp3) is 0.571. The van der Waals surface area contributed by atoms with Crippen LogP contribution in [0, 0.1) is 0 Å². The van der Waals surface area contributed by atoms with Crippen molar-refractivity contribution >= 4 is 0 Å². The first-order valence-corrected chi connectivity index (χ1v) is 6.15. The van der Waals surface area contributed by atoms with Crippen molar-refractivity contribution in [3.63, 3.8) is 0 Å². The van der Waals surface area contributed by atoms with E-state index in [0.717, 1.165) is 39.0 Å². The van der Waals surface area contributed by atoms with Gasteiger partial charge < -0.3 is 10.1 Å². The van der Waals surface area contributed by atoms with E-state index in [1.165, 1.54) is 5.56 Å². The largest absolute Gasteiger partial charge is 0.381 e. The van der Waals surface area contributed by atoms with Gasteiger partial charge in [-0.25, -0.2) is 0 Å². The van der Waals surface area contributed by atoms with Crippen LogP contribution in [0.5, 0.6) is 0 Å². The predicted octanol–water partition coefficient (Wildman–Crippen LogP) is 2.39. The van der Waals surface area contributed by atoms with E-state index >= 15 is 0 Å². The molecule has 2 nitrogen and oxygen atoms in total. The SMILES string of the molecule is CC1(NCCc2ccccc2)CCOCC1. The molecule has 0 aromatic heterocycles. The Morgan fingerprint density at radius 2 is 1.88 bits per heavy atom. The molecule has 0 aliphatic carbocycles. The first-order valence-electron chi connectivity index (χ1n) is 6.15. The lowest BCUT2D eigenvalue weighted by Gasteiger charge is -2.34.